The van der Waals surface area contributed by atoms with Gasteiger partial charge in [0.2, 0.25) is 11.8 Å². The molecule has 4 nitrogen and oxygen atoms in total. The number of hydrogen-bond donors (Lipinski definition) is 2. The van der Waals surface area contributed by atoms with E-state index in [4.69, 9.17) is 0 Å². The highest BCUT2D eigenvalue weighted by Gasteiger charge is 2.54. The first-order valence-corrected chi connectivity index (χ1v) is 11.3. The van der Waals surface area contributed by atoms with Crippen molar-refractivity contribution < 1.29 is 9.59 Å². The Morgan fingerprint density at radius 3 is 2.19 bits per heavy atom. The molecule has 146 valence electrons. The zero-order valence-electron chi connectivity index (χ0n) is 16.1. The van der Waals surface area contributed by atoms with Crippen molar-refractivity contribution >= 4 is 23.6 Å². The monoisotopic (exact) mass is 386 g/mol. The van der Waals surface area contributed by atoms with Crippen LogP contribution in [0.15, 0.2) is 29.2 Å². The van der Waals surface area contributed by atoms with Crippen LogP contribution in [0.3, 0.4) is 0 Å². The van der Waals surface area contributed by atoms with E-state index in [1.54, 1.807) is 11.8 Å². The van der Waals surface area contributed by atoms with Gasteiger partial charge in [0.1, 0.15) is 0 Å². The van der Waals surface area contributed by atoms with Crippen molar-refractivity contribution in [1.29, 1.82) is 0 Å². The number of nitrogens with one attached hydrogen (secondary N) is 2. The van der Waals surface area contributed by atoms with E-state index in [0.717, 1.165) is 42.8 Å². The van der Waals surface area contributed by atoms with Crippen molar-refractivity contribution in [2.24, 2.45) is 23.2 Å². The number of thioether (sulfide) groups is 1. The van der Waals surface area contributed by atoms with Crippen LogP contribution in [0.25, 0.3) is 0 Å². The van der Waals surface area contributed by atoms with E-state index in [2.05, 4.69) is 41.8 Å². The molecule has 0 aliphatic heterocycles. The number of carbonyl (C=O) groups excluding carboxylic acids is 2. The highest BCUT2D eigenvalue weighted by Crippen LogP contribution is 2.60. The van der Waals surface area contributed by atoms with Crippen molar-refractivity contribution in [3.8, 4) is 0 Å². The van der Waals surface area contributed by atoms with Crippen LogP contribution in [0, 0.1) is 30.1 Å². The average Bonchev–Trinajstić information content (AvgIpc) is 2.63. The summed E-state index contributed by atoms with van der Waals surface area (Å²) in [6.07, 6.45) is 7.10. The fraction of sp³-hybridized carbons (Fsp3) is 0.636. The molecule has 1 aromatic carbocycles. The molecule has 4 fully saturated rings. The predicted molar refractivity (Wildman–Crippen MR) is 109 cm³/mol. The standard InChI is InChI=1S/C22H30N2O2S/c1-15-2-4-19(5-3-15)27-7-6-23-20(25)14-24-21(26)22-11-16-8-17(12-22)10-18(9-16)13-22/h2-5,16-18H,6-14H2,1H3,(H,23,25)(H,24,26). The Hall–Kier alpha value is -1.49. The lowest BCUT2D eigenvalue weighted by Crippen LogP contribution is -2.54. The van der Waals surface area contributed by atoms with E-state index >= 15 is 0 Å². The molecule has 4 bridgehead atoms. The van der Waals surface area contributed by atoms with Gasteiger partial charge in [0.15, 0.2) is 0 Å². The van der Waals surface area contributed by atoms with Gasteiger partial charge in [0.05, 0.1) is 6.54 Å². The molecule has 27 heavy (non-hydrogen) atoms. The maximum absolute atomic E-state index is 12.8. The van der Waals surface area contributed by atoms with E-state index in [1.807, 2.05) is 0 Å². The number of hydrogen-bond acceptors (Lipinski definition) is 3. The second-order valence-electron chi connectivity index (χ2n) is 8.89. The van der Waals surface area contributed by atoms with Crippen LogP contribution in [0.4, 0.5) is 0 Å². The third-order valence-corrected chi connectivity index (χ3v) is 7.66. The Balaban J connectivity index is 1.17. The molecule has 2 N–H and O–H groups in total. The van der Waals surface area contributed by atoms with Crippen LogP contribution in [-0.2, 0) is 9.59 Å². The number of benzene rings is 1. The summed E-state index contributed by atoms with van der Waals surface area (Å²) < 4.78 is 0. The molecule has 4 saturated carbocycles. The van der Waals surface area contributed by atoms with Gasteiger partial charge in [-0.1, -0.05) is 17.7 Å². The Morgan fingerprint density at radius 2 is 1.59 bits per heavy atom. The molecule has 0 unspecified atom stereocenters. The van der Waals surface area contributed by atoms with Crippen LogP contribution in [-0.4, -0.2) is 30.7 Å². The SMILES string of the molecule is Cc1ccc(SCCNC(=O)CNC(=O)C23CC4CC(CC(C4)C2)C3)cc1. The normalized spacial score (nSPS) is 30.9. The number of rotatable bonds is 7. The molecule has 5 rings (SSSR count). The Kier molecular flexibility index (Phi) is 5.49. The highest BCUT2D eigenvalue weighted by molar-refractivity contribution is 7.99. The molecule has 0 spiro atoms. The predicted octanol–water partition coefficient (Wildman–Crippen LogP) is 3.54. The first kappa shape index (κ1) is 18.9. The summed E-state index contributed by atoms with van der Waals surface area (Å²) in [6, 6.07) is 8.41. The minimum Gasteiger partial charge on any atom is -0.354 e. The van der Waals surface area contributed by atoms with Crippen LogP contribution in [0.2, 0.25) is 0 Å². The zero-order chi connectivity index (χ0) is 18.9. The molecule has 0 radical (unpaired) electrons. The number of amides is 2. The van der Waals surface area contributed by atoms with Crippen LogP contribution < -0.4 is 10.6 Å². The Labute approximate surface area is 166 Å². The van der Waals surface area contributed by atoms with Crippen molar-refractivity contribution in [3.63, 3.8) is 0 Å². The van der Waals surface area contributed by atoms with Crippen LogP contribution >= 0.6 is 11.8 Å². The van der Waals surface area contributed by atoms with Gasteiger partial charge < -0.3 is 10.6 Å². The summed E-state index contributed by atoms with van der Waals surface area (Å²) in [5.74, 6) is 3.11. The lowest BCUT2D eigenvalue weighted by atomic mass is 9.49. The minimum absolute atomic E-state index is 0.0856. The lowest BCUT2D eigenvalue weighted by Gasteiger charge is -2.55. The van der Waals surface area contributed by atoms with Crippen molar-refractivity contribution in [3.05, 3.63) is 29.8 Å². The Morgan fingerprint density at radius 1 is 1.00 bits per heavy atom. The van der Waals surface area contributed by atoms with E-state index in [-0.39, 0.29) is 23.8 Å². The third kappa shape index (κ3) is 4.34. The zero-order valence-corrected chi connectivity index (χ0v) is 16.9. The van der Waals surface area contributed by atoms with E-state index in [0.29, 0.717) is 6.54 Å². The van der Waals surface area contributed by atoms with Gasteiger partial charge in [-0.25, -0.2) is 0 Å². The smallest absolute Gasteiger partial charge is 0.239 e. The largest absolute Gasteiger partial charge is 0.354 e. The van der Waals surface area contributed by atoms with Gasteiger partial charge in [0.25, 0.3) is 0 Å². The second kappa shape index (κ2) is 7.86. The molecule has 4 aliphatic carbocycles. The highest BCUT2D eigenvalue weighted by atomic mass is 32.2. The molecular formula is C22H30N2O2S. The van der Waals surface area contributed by atoms with E-state index < -0.39 is 0 Å². The maximum Gasteiger partial charge on any atom is 0.239 e. The molecule has 2 amide bonds. The summed E-state index contributed by atoms with van der Waals surface area (Å²) in [6.45, 7) is 2.80. The molecule has 1 aromatic rings. The lowest BCUT2D eigenvalue weighted by molar-refractivity contribution is -0.147. The molecular weight excluding hydrogens is 356 g/mol. The van der Waals surface area contributed by atoms with Gasteiger partial charge in [-0.15, -0.1) is 11.8 Å². The molecule has 0 atom stereocenters. The van der Waals surface area contributed by atoms with Gasteiger partial charge in [-0.05, 0) is 75.3 Å². The van der Waals surface area contributed by atoms with Gasteiger partial charge in [-0.3, -0.25) is 9.59 Å². The fourth-order valence-electron chi connectivity index (χ4n) is 5.79. The number of carbonyl (C=O) groups is 2. The van der Waals surface area contributed by atoms with E-state index in [9.17, 15) is 9.59 Å². The molecule has 5 heteroatoms. The van der Waals surface area contributed by atoms with E-state index in [1.165, 1.54) is 29.7 Å². The molecule has 0 aromatic heterocycles. The van der Waals surface area contributed by atoms with Crippen molar-refractivity contribution in [1.82, 2.24) is 10.6 Å². The topological polar surface area (TPSA) is 58.2 Å². The van der Waals surface area contributed by atoms with Crippen molar-refractivity contribution in [2.75, 3.05) is 18.8 Å². The number of aryl methyl sites for hydroxylation is 1. The quantitative estimate of drug-likeness (QED) is 0.557. The maximum atomic E-state index is 12.8. The summed E-state index contributed by atoms with van der Waals surface area (Å²) in [4.78, 5) is 26.2. The summed E-state index contributed by atoms with van der Waals surface area (Å²) >= 11 is 1.73. The molecule has 0 heterocycles. The first-order valence-electron chi connectivity index (χ1n) is 10.3. The summed E-state index contributed by atoms with van der Waals surface area (Å²) in [5, 5.41) is 5.87. The fourth-order valence-corrected chi connectivity index (χ4v) is 6.56. The third-order valence-electron chi connectivity index (χ3n) is 6.64. The van der Waals surface area contributed by atoms with Crippen LogP contribution in [0.1, 0.15) is 44.1 Å². The molecule has 0 saturated heterocycles. The molecule has 4 aliphatic rings. The second-order valence-corrected chi connectivity index (χ2v) is 10.1. The van der Waals surface area contributed by atoms with Crippen LogP contribution in [0.5, 0.6) is 0 Å². The minimum atomic E-state index is -0.170. The Bertz CT molecular complexity index is 665. The van der Waals surface area contributed by atoms with Gasteiger partial charge >= 0.3 is 0 Å². The van der Waals surface area contributed by atoms with Gasteiger partial charge in [-0.2, -0.15) is 0 Å². The van der Waals surface area contributed by atoms with Crippen molar-refractivity contribution in [2.45, 2.75) is 50.3 Å². The van der Waals surface area contributed by atoms with Gasteiger partial charge in [0, 0.05) is 22.6 Å². The first-order chi connectivity index (χ1) is 13.0. The average molecular weight is 387 g/mol. The summed E-state index contributed by atoms with van der Waals surface area (Å²) in [5.41, 5.74) is 1.08. The summed E-state index contributed by atoms with van der Waals surface area (Å²) in [7, 11) is 0.